The van der Waals surface area contributed by atoms with E-state index in [0.29, 0.717) is 12.1 Å². The van der Waals surface area contributed by atoms with E-state index in [-0.39, 0.29) is 20.6 Å². The number of benzene rings is 2. The van der Waals surface area contributed by atoms with Crippen molar-refractivity contribution < 1.29 is 16.8 Å². The van der Waals surface area contributed by atoms with Gasteiger partial charge < -0.3 is 0 Å². The van der Waals surface area contributed by atoms with Crippen LogP contribution < -0.4 is 0 Å². The van der Waals surface area contributed by atoms with Gasteiger partial charge in [0.15, 0.2) is 9.84 Å². The van der Waals surface area contributed by atoms with Crippen molar-refractivity contribution in [2.45, 2.75) is 98.3 Å². The normalized spacial score (nSPS) is 13.0. The van der Waals surface area contributed by atoms with Gasteiger partial charge in [-0.1, -0.05) is 76.1 Å². The molecule has 1 aromatic heterocycles. The highest BCUT2D eigenvalue weighted by Crippen LogP contribution is 2.36. The van der Waals surface area contributed by atoms with Crippen molar-refractivity contribution in [3.63, 3.8) is 0 Å². The molecule has 1 heterocycles. The molecule has 2 aromatic carbocycles. The zero-order valence-electron chi connectivity index (χ0n) is 21.9. The van der Waals surface area contributed by atoms with E-state index in [0.717, 1.165) is 38.4 Å². The SMILES string of the molecule is CCCCCCCCCC(CCCn1cncn1)c1ccc(S(C)(=O)=O)cc1S(=O)(=O)c1ccccc1. The smallest absolute Gasteiger partial charge is 0.206 e. The fourth-order valence-corrected chi connectivity index (χ4v) is 7.01. The van der Waals surface area contributed by atoms with E-state index >= 15 is 0 Å². The molecular weight excluding hydrogens is 506 g/mol. The Morgan fingerprint density at radius 2 is 1.49 bits per heavy atom. The molecule has 1 unspecified atom stereocenters. The number of rotatable bonds is 16. The van der Waals surface area contributed by atoms with Crippen molar-refractivity contribution in [3.05, 3.63) is 66.7 Å². The Hall–Kier alpha value is -2.52. The second-order valence-electron chi connectivity index (χ2n) is 9.70. The lowest BCUT2D eigenvalue weighted by Gasteiger charge is -2.22. The van der Waals surface area contributed by atoms with Crippen molar-refractivity contribution in [2.24, 2.45) is 0 Å². The molecule has 0 amide bonds. The molecule has 0 saturated heterocycles. The zero-order chi connectivity index (χ0) is 26.7. The first kappa shape index (κ1) is 29.0. The molecule has 9 heteroatoms. The van der Waals surface area contributed by atoms with Gasteiger partial charge in [0.25, 0.3) is 0 Å². The van der Waals surface area contributed by atoms with E-state index < -0.39 is 19.7 Å². The van der Waals surface area contributed by atoms with Crippen molar-refractivity contribution in [1.29, 1.82) is 0 Å². The molecule has 0 radical (unpaired) electrons. The topological polar surface area (TPSA) is 99.0 Å². The van der Waals surface area contributed by atoms with Gasteiger partial charge in [-0.25, -0.2) is 21.8 Å². The molecular formula is C28H39N3O4S2. The molecule has 0 aliphatic carbocycles. The van der Waals surface area contributed by atoms with E-state index in [2.05, 4.69) is 17.0 Å². The number of aromatic nitrogens is 3. The van der Waals surface area contributed by atoms with Gasteiger partial charge in [0, 0.05) is 12.8 Å². The van der Waals surface area contributed by atoms with Crippen LogP contribution in [0.2, 0.25) is 0 Å². The minimum Gasteiger partial charge on any atom is -0.253 e. The summed E-state index contributed by atoms with van der Waals surface area (Å²) in [5.41, 5.74) is 0.695. The predicted molar refractivity (Wildman–Crippen MR) is 146 cm³/mol. The first-order valence-corrected chi connectivity index (χ1v) is 16.6. The highest BCUT2D eigenvalue weighted by atomic mass is 32.2. The van der Waals surface area contributed by atoms with Gasteiger partial charge in [0.2, 0.25) is 9.84 Å². The van der Waals surface area contributed by atoms with Crippen LogP contribution >= 0.6 is 0 Å². The summed E-state index contributed by atoms with van der Waals surface area (Å²) >= 11 is 0. The largest absolute Gasteiger partial charge is 0.253 e. The van der Waals surface area contributed by atoms with Crippen molar-refractivity contribution in [3.8, 4) is 0 Å². The monoisotopic (exact) mass is 545 g/mol. The fraction of sp³-hybridized carbons (Fsp3) is 0.500. The van der Waals surface area contributed by atoms with Crippen LogP contribution in [0.15, 0.2) is 75.9 Å². The molecule has 3 aromatic rings. The van der Waals surface area contributed by atoms with E-state index in [1.165, 1.54) is 44.5 Å². The molecule has 0 fully saturated rings. The van der Waals surface area contributed by atoms with Gasteiger partial charge in [0.05, 0.1) is 14.7 Å². The predicted octanol–water partition coefficient (Wildman–Crippen LogP) is 6.22. The quantitative estimate of drug-likeness (QED) is 0.198. The fourth-order valence-electron chi connectivity index (χ4n) is 4.69. The van der Waals surface area contributed by atoms with Crippen molar-refractivity contribution in [1.82, 2.24) is 14.8 Å². The number of sulfone groups is 2. The van der Waals surface area contributed by atoms with Gasteiger partial charge in [-0.2, -0.15) is 5.10 Å². The third-order valence-electron chi connectivity index (χ3n) is 6.76. The maximum atomic E-state index is 13.8. The number of nitrogens with zero attached hydrogens (tertiary/aromatic N) is 3. The third kappa shape index (κ3) is 8.50. The lowest BCUT2D eigenvalue weighted by Crippen LogP contribution is -2.12. The minimum absolute atomic E-state index is 0.0127. The van der Waals surface area contributed by atoms with E-state index in [4.69, 9.17) is 0 Å². The maximum Gasteiger partial charge on any atom is 0.206 e. The average Bonchev–Trinajstić information content (AvgIpc) is 3.40. The van der Waals surface area contributed by atoms with Gasteiger partial charge in [-0.05, 0) is 55.0 Å². The summed E-state index contributed by atoms with van der Waals surface area (Å²) in [6.45, 7) is 2.90. The lowest BCUT2D eigenvalue weighted by molar-refractivity contribution is 0.466. The molecule has 0 saturated carbocycles. The Morgan fingerprint density at radius 1 is 0.811 bits per heavy atom. The molecule has 0 aliphatic rings. The first-order valence-electron chi connectivity index (χ1n) is 13.2. The van der Waals surface area contributed by atoms with Crippen LogP contribution in [0, 0.1) is 0 Å². The Kier molecular flexibility index (Phi) is 10.9. The number of hydrogen-bond donors (Lipinski definition) is 0. The van der Waals surface area contributed by atoms with Crippen LogP contribution in [0.4, 0.5) is 0 Å². The average molecular weight is 546 g/mol. The summed E-state index contributed by atoms with van der Waals surface area (Å²) < 4.78 is 54.0. The minimum atomic E-state index is -3.90. The van der Waals surface area contributed by atoms with E-state index in [9.17, 15) is 16.8 Å². The lowest BCUT2D eigenvalue weighted by atomic mass is 9.89. The van der Waals surface area contributed by atoms with Gasteiger partial charge in [0.1, 0.15) is 12.7 Å². The zero-order valence-corrected chi connectivity index (χ0v) is 23.6. The molecule has 0 spiro atoms. The van der Waals surface area contributed by atoms with Gasteiger partial charge >= 0.3 is 0 Å². The van der Waals surface area contributed by atoms with Crippen LogP contribution in [0.5, 0.6) is 0 Å². The van der Waals surface area contributed by atoms with Gasteiger partial charge in [-0.15, -0.1) is 0 Å². The van der Waals surface area contributed by atoms with Crippen LogP contribution in [0.1, 0.15) is 82.6 Å². The Labute approximate surface area is 222 Å². The summed E-state index contributed by atoms with van der Waals surface area (Å²) in [6, 6.07) is 12.9. The molecule has 1 atom stereocenters. The Morgan fingerprint density at radius 3 is 2.14 bits per heavy atom. The first-order chi connectivity index (χ1) is 17.7. The molecule has 3 rings (SSSR count). The van der Waals surface area contributed by atoms with E-state index in [1.54, 1.807) is 53.5 Å². The van der Waals surface area contributed by atoms with Gasteiger partial charge in [-0.3, -0.25) is 4.68 Å². The number of aryl methyl sites for hydroxylation is 1. The number of unbranched alkanes of at least 4 members (excludes halogenated alkanes) is 6. The Balaban J connectivity index is 1.91. The third-order valence-corrected chi connectivity index (χ3v) is 9.69. The molecule has 0 N–H and O–H groups in total. The second kappa shape index (κ2) is 13.9. The highest BCUT2D eigenvalue weighted by Gasteiger charge is 2.27. The van der Waals surface area contributed by atoms with Crippen LogP contribution in [0.3, 0.4) is 0 Å². The maximum absolute atomic E-state index is 13.8. The van der Waals surface area contributed by atoms with Crippen LogP contribution in [-0.4, -0.2) is 37.9 Å². The summed E-state index contributed by atoms with van der Waals surface area (Å²) in [5.74, 6) is -0.0127. The molecule has 7 nitrogen and oxygen atoms in total. The van der Waals surface area contributed by atoms with Crippen LogP contribution in [-0.2, 0) is 26.2 Å². The van der Waals surface area contributed by atoms with E-state index in [1.807, 2.05) is 0 Å². The van der Waals surface area contributed by atoms with Crippen LogP contribution in [0.25, 0.3) is 0 Å². The molecule has 202 valence electrons. The second-order valence-corrected chi connectivity index (χ2v) is 13.6. The highest BCUT2D eigenvalue weighted by molar-refractivity contribution is 7.92. The molecule has 37 heavy (non-hydrogen) atoms. The molecule has 0 aliphatic heterocycles. The van der Waals surface area contributed by atoms with Crippen molar-refractivity contribution >= 4 is 19.7 Å². The summed E-state index contributed by atoms with van der Waals surface area (Å²) in [5, 5.41) is 4.17. The summed E-state index contributed by atoms with van der Waals surface area (Å²) in [6.07, 6.45) is 14.9. The summed E-state index contributed by atoms with van der Waals surface area (Å²) in [7, 11) is -7.48. The standard InChI is InChI=1S/C28H39N3O4S2/c1-3-4-5-6-7-8-10-14-24(15-13-20-31-23-29-22-30-31)27-19-18-26(36(2,32)33)21-28(27)37(34,35)25-16-11-9-12-17-25/h9,11-12,16-19,21-24H,3-8,10,13-15,20H2,1-2H3. The molecule has 0 bridgehead atoms. The van der Waals surface area contributed by atoms with Crippen molar-refractivity contribution in [2.75, 3.05) is 6.26 Å². The summed E-state index contributed by atoms with van der Waals surface area (Å²) in [4.78, 5) is 4.27. The Bertz CT molecular complexity index is 1310. The number of hydrogen-bond acceptors (Lipinski definition) is 6.